The van der Waals surface area contributed by atoms with Gasteiger partial charge >= 0.3 is 0 Å². The molecule has 5 rings (SSSR count). The number of benzene rings is 2. The first-order valence-electron chi connectivity index (χ1n) is 9.58. The van der Waals surface area contributed by atoms with Crippen molar-refractivity contribution in [2.45, 2.75) is 26.2 Å². The van der Waals surface area contributed by atoms with Crippen molar-refractivity contribution in [2.24, 2.45) is 0 Å². The second kappa shape index (κ2) is 6.70. The van der Waals surface area contributed by atoms with Crippen LogP contribution in [0.5, 0.6) is 0 Å². The van der Waals surface area contributed by atoms with Crippen molar-refractivity contribution in [1.82, 2.24) is 19.7 Å². The van der Waals surface area contributed by atoms with E-state index in [0.717, 1.165) is 41.3 Å². The molecule has 2 N–H and O–H groups in total. The van der Waals surface area contributed by atoms with Gasteiger partial charge in [-0.15, -0.1) is 0 Å². The first kappa shape index (κ1) is 17.4. The Morgan fingerprint density at radius 1 is 1.14 bits per heavy atom. The normalized spacial score (nSPS) is 12.9. The highest BCUT2D eigenvalue weighted by molar-refractivity contribution is 6.12. The van der Waals surface area contributed by atoms with E-state index in [1.165, 1.54) is 4.68 Å². The molecule has 0 fully saturated rings. The summed E-state index contributed by atoms with van der Waals surface area (Å²) in [5.41, 5.74) is 2.70. The first-order chi connectivity index (χ1) is 14.1. The lowest BCUT2D eigenvalue weighted by molar-refractivity contribution is 0.102. The molecular formula is C22H19N5O2. The van der Waals surface area contributed by atoms with Crippen LogP contribution < -0.4 is 10.9 Å². The number of hydrogen-bond acceptors (Lipinski definition) is 4. The number of H-pyrrole nitrogens is 1. The third-order valence-electron chi connectivity index (χ3n) is 5.24. The Kier molecular flexibility index (Phi) is 4.01. The standard InChI is InChI=1S/C22H19N5O2/c1-13-12-19(24-20(28)16-9-4-7-14-6-2-3-8-15(14)16)27(26-13)22-23-18-11-5-10-17(18)21(29)25-22/h2-4,6-9,12H,5,10-11H2,1H3,(H,24,28)(H,23,25,29). The largest absolute Gasteiger partial charge is 0.306 e. The lowest BCUT2D eigenvalue weighted by atomic mass is 10.0. The number of nitrogens with one attached hydrogen (secondary N) is 2. The lowest BCUT2D eigenvalue weighted by Gasteiger charge is -2.10. The molecule has 2 aromatic heterocycles. The topological polar surface area (TPSA) is 92.7 Å². The van der Waals surface area contributed by atoms with Crippen LogP contribution in [0.3, 0.4) is 0 Å². The third kappa shape index (κ3) is 3.00. The number of amides is 1. The van der Waals surface area contributed by atoms with E-state index < -0.39 is 0 Å². The van der Waals surface area contributed by atoms with Gasteiger partial charge in [0.2, 0.25) is 5.95 Å². The number of aromatic amines is 1. The number of rotatable bonds is 3. The zero-order valence-corrected chi connectivity index (χ0v) is 15.9. The monoisotopic (exact) mass is 385 g/mol. The van der Waals surface area contributed by atoms with Crippen LogP contribution in [0.2, 0.25) is 0 Å². The minimum absolute atomic E-state index is 0.137. The smallest absolute Gasteiger partial charge is 0.257 e. The quantitative estimate of drug-likeness (QED) is 0.567. The minimum atomic E-state index is -0.244. The van der Waals surface area contributed by atoms with E-state index in [4.69, 9.17) is 0 Å². The van der Waals surface area contributed by atoms with Gasteiger partial charge in [0.1, 0.15) is 5.82 Å². The van der Waals surface area contributed by atoms with Gasteiger partial charge in [-0.05, 0) is 43.0 Å². The summed E-state index contributed by atoms with van der Waals surface area (Å²) in [7, 11) is 0. The number of hydrogen-bond donors (Lipinski definition) is 2. The molecule has 0 bridgehead atoms. The van der Waals surface area contributed by atoms with Crippen LogP contribution in [0.15, 0.2) is 53.3 Å². The molecule has 0 saturated carbocycles. The SMILES string of the molecule is Cc1cc(NC(=O)c2cccc3ccccc23)n(-c2nc3c(c(=O)[nH]2)CCC3)n1. The molecule has 7 heteroatoms. The molecular weight excluding hydrogens is 366 g/mol. The van der Waals surface area contributed by atoms with Crippen LogP contribution in [0.1, 0.15) is 33.7 Å². The highest BCUT2D eigenvalue weighted by Gasteiger charge is 2.20. The van der Waals surface area contributed by atoms with Crippen molar-refractivity contribution in [1.29, 1.82) is 0 Å². The van der Waals surface area contributed by atoms with Gasteiger partial charge in [0.05, 0.1) is 11.4 Å². The molecule has 0 radical (unpaired) electrons. The molecule has 1 amide bonds. The zero-order valence-electron chi connectivity index (χ0n) is 15.9. The predicted octanol–water partition coefficient (Wildman–Crippen LogP) is 3.16. The van der Waals surface area contributed by atoms with Crippen molar-refractivity contribution in [3.05, 3.63) is 81.4 Å². The van der Waals surface area contributed by atoms with Gasteiger partial charge in [-0.1, -0.05) is 36.4 Å². The second-order valence-corrected chi connectivity index (χ2v) is 7.23. The molecule has 1 aliphatic carbocycles. The molecule has 144 valence electrons. The van der Waals surface area contributed by atoms with E-state index in [0.29, 0.717) is 23.0 Å². The van der Waals surface area contributed by atoms with Crippen molar-refractivity contribution >= 4 is 22.5 Å². The van der Waals surface area contributed by atoms with E-state index in [2.05, 4.69) is 20.4 Å². The summed E-state index contributed by atoms with van der Waals surface area (Å²) in [6.45, 7) is 1.83. The molecule has 2 aromatic carbocycles. The summed E-state index contributed by atoms with van der Waals surface area (Å²) in [6, 6.07) is 15.1. The van der Waals surface area contributed by atoms with Crippen molar-refractivity contribution < 1.29 is 4.79 Å². The van der Waals surface area contributed by atoms with Crippen LogP contribution in [-0.4, -0.2) is 25.7 Å². The molecule has 0 unspecified atom stereocenters. The van der Waals surface area contributed by atoms with Crippen LogP contribution in [0, 0.1) is 6.92 Å². The summed E-state index contributed by atoms with van der Waals surface area (Å²) in [5.74, 6) is 0.532. The number of nitrogens with zero attached hydrogens (tertiary/aromatic N) is 3. The second-order valence-electron chi connectivity index (χ2n) is 7.23. The Morgan fingerprint density at radius 3 is 2.86 bits per heavy atom. The highest BCUT2D eigenvalue weighted by atomic mass is 16.2. The fourth-order valence-electron chi connectivity index (χ4n) is 3.89. The third-order valence-corrected chi connectivity index (χ3v) is 5.24. The van der Waals surface area contributed by atoms with E-state index in [9.17, 15) is 9.59 Å². The van der Waals surface area contributed by atoms with Crippen LogP contribution in [0.4, 0.5) is 5.82 Å². The van der Waals surface area contributed by atoms with Gasteiger partial charge in [-0.2, -0.15) is 9.78 Å². The van der Waals surface area contributed by atoms with Gasteiger partial charge in [0.15, 0.2) is 0 Å². The van der Waals surface area contributed by atoms with E-state index >= 15 is 0 Å². The fraction of sp³-hybridized carbons (Fsp3) is 0.182. The first-order valence-corrected chi connectivity index (χ1v) is 9.58. The maximum Gasteiger partial charge on any atom is 0.257 e. The zero-order chi connectivity index (χ0) is 20.0. The molecule has 29 heavy (non-hydrogen) atoms. The molecule has 0 saturated heterocycles. The van der Waals surface area contributed by atoms with E-state index in [1.54, 1.807) is 12.1 Å². The van der Waals surface area contributed by atoms with Crippen molar-refractivity contribution in [3.8, 4) is 5.95 Å². The number of anilines is 1. The Balaban J connectivity index is 1.54. The van der Waals surface area contributed by atoms with Crippen LogP contribution in [-0.2, 0) is 12.8 Å². The number of fused-ring (bicyclic) bond motifs is 2. The summed E-state index contributed by atoms with van der Waals surface area (Å²) in [4.78, 5) is 32.8. The van der Waals surface area contributed by atoms with Crippen molar-refractivity contribution in [2.75, 3.05) is 5.32 Å². The maximum atomic E-state index is 13.0. The molecule has 7 nitrogen and oxygen atoms in total. The van der Waals surface area contributed by atoms with Crippen molar-refractivity contribution in [3.63, 3.8) is 0 Å². The number of carbonyl (C=O) groups excluding carboxylic acids is 1. The Morgan fingerprint density at radius 2 is 1.97 bits per heavy atom. The molecule has 0 atom stereocenters. The molecule has 4 aromatic rings. The van der Waals surface area contributed by atoms with E-state index in [1.807, 2.05) is 43.3 Å². The van der Waals surface area contributed by atoms with Gasteiger partial charge in [0, 0.05) is 17.2 Å². The number of aromatic nitrogens is 4. The highest BCUT2D eigenvalue weighted by Crippen LogP contribution is 2.22. The van der Waals surface area contributed by atoms with E-state index in [-0.39, 0.29) is 11.5 Å². The van der Waals surface area contributed by atoms with Gasteiger partial charge in [-0.3, -0.25) is 14.6 Å². The molecule has 1 aliphatic rings. The van der Waals surface area contributed by atoms with Gasteiger partial charge < -0.3 is 5.32 Å². The van der Waals surface area contributed by atoms with Gasteiger partial charge in [-0.25, -0.2) is 4.98 Å². The minimum Gasteiger partial charge on any atom is -0.306 e. The average Bonchev–Trinajstić information content (AvgIpc) is 3.34. The molecule has 0 spiro atoms. The average molecular weight is 385 g/mol. The maximum absolute atomic E-state index is 13.0. The van der Waals surface area contributed by atoms with Gasteiger partial charge in [0.25, 0.3) is 11.5 Å². The molecule has 0 aliphatic heterocycles. The summed E-state index contributed by atoms with van der Waals surface area (Å²) < 4.78 is 1.48. The fourth-order valence-corrected chi connectivity index (χ4v) is 3.89. The van der Waals surface area contributed by atoms with Crippen LogP contribution in [0.25, 0.3) is 16.7 Å². The Hall–Kier alpha value is -3.74. The Bertz CT molecular complexity index is 1310. The van der Waals surface area contributed by atoms with Crippen LogP contribution >= 0.6 is 0 Å². The number of aryl methyl sites for hydroxylation is 2. The predicted molar refractivity (Wildman–Crippen MR) is 111 cm³/mol. The summed E-state index contributed by atoms with van der Waals surface area (Å²) in [6.07, 6.45) is 2.46. The Labute approximate surface area is 166 Å². The number of carbonyl (C=O) groups is 1. The molecule has 2 heterocycles. The summed E-state index contributed by atoms with van der Waals surface area (Å²) >= 11 is 0. The lowest BCUT2D eigenvalue weighted by Crippen LogP contribution is -2.21. The summed E-state index contributed by atoms with van der Waals surface area (Å²) in [5, 5.41) is 9.22.